The van der Waals surface area contributed by atoms with Crippen LogP contribution in [0.5, 0.6) is 5.75 Å². The number of amides is 1. The van der Waals surface area contributed by atoms with E-state index in [-0.39, 0.29) is 18.1 Å². The summed E-state index contributed by atoms with van der Waals surface area (Å²) in [6.07, 6.45) is 6.94. The number of aromatic carboxylic acids is 1. The van der Waals surface area contributed by atoms with E-state index in [0.717, 1.165) is 5.56 Å². The molecule has 0 saturated carbocycles. The minimum Gasteiger partial charge on any atom is -0.480 e. The number of hydrogen-bond acceptors (Lipinski definition) is 5. The highest BCUT2D eigenvalue weighted by Gasteiger charge is 2.33. The van der Waals surface area contributed by atoms with E-state index in [2.05, 4.69) is 5.92 Å². The second-order valence-corrected chi connectivity index (χ2v) is 7.08. The molecule has 0 aliphatic carbocycles. The van der Waals surface area contributed by atoms with Crippen molar-refractivity contribution in [2.75, 3.05) is 11.5 Å². The van der Waals surface area contributed by atoms with Crippen LogP contribution in [-0.2, 0) is 4.79 Å². The van der Waals surface area contributed by atoms with Gasteiger partial charge in [-0.15, -0.1) is 6.42 Å². The number of carbonyl (C=O) groups is 2. The number of carboxylic acid groups (broad SMARTS) is 1. The fourth-order valence-corrected chi connectivity index (χ4v) is 3.73. The first-order valence-electron chi connectivity index (χ1n) is 7.78. The van der Waals surface area contributed by atoms with Gasteiger partial charge < -0.3 is 9.84 Å². The van der Waals surface area contributed by atoms with Crippen molar-refractivity contribution in [3.05, 3.63) is 64.6 Å². The molecule has 2 aromatic rings. The van der Waals surface area contributed by atoms with E-state index in [1.165, 1.54) is 28.8 Å². The van der Waals surface area contributed by atoms with E-state index in [9.17, 15) is 9.59 Å². The van der Waals surface area contributed by atoms with Gasteiger partial charge in [-0.25, -0.2) is 4.79 Å². The van der Waals surface area contributed by atoms with E-state index in [1.807, 2.05) is 18.2 Å². The van der Waals surface area contributed by atoms with Gasteiger partial charge in [-0.1, -0.05) is 48.1 Å². The summed E-state index contributed by atoms with van der Waals surface area (Å²) in [6.45, 7) is 0.127. The molecule has 1 fully saturated rings. The second kappa shape index (κ2) is 8.08. The van der Waals surface area contributed by atoms with Gasteiger partial charge >= 0.3 is 5.97 Å². The van der Waals surface area contributed by atoms with Crippen LogP contribution in [0.3, 0.4) is 0 Å². The Morgan fingerprint density at radius 1 is 1.26 bits per heavy atom. The number of hydrogen-bond donors (Lipinski definition) is 1. The topological polar surface area (TPSA) is 66.8 Å². The minimum atomic E-state index is -1.03. The van der Waals surface area contributed by atoms with Gasteiger partial charge in [-0.05, 0) is 36.4 Å². The molecule has 134 valence electrons. The van der Waals surface area contributed by atoms with Crippen molar-refractivity contribution >= 4 is 51.9 Å². The molecule has 0 spiro atoms. The summed E-state index contributed by atoms with van der Waals surface area (Å²) in [4.78, 5) is 25.6. The summed E-state index contributed by atoms with van der Waals surface area (Å²) in [6, 6.07) is 13.2. The maximum absolute atomic E-state index is 12.8. The highest BCUT2D eigenvalue weighted by Crippen LogP contribution is 2.37. The van der Waals surface area contributed by atoms with E-state index < -0.39 is 5.97 Å². The quantitative estimate of drug-likeness (QED) is 0.472. The number of ether oxygens (including phenoxy) is 1. The highest BCUT2D eigenvalue weighted by atomic mass is 32.2. The second-order valence-electron chi connectivity index (χ2n) is 5.40. The average molecular weight is 395 g/mol. The first-order chi connectivity index (χ1) is 13.0. The minimum absolute atomic E-state index is 0.127. The number of para-hydroxylation sites is 1. The van der Waals surface area contributed by atoms with Crippen LogP contribution in [0.15, 0.2) is 53.4 Å². The van der Waals surface area contributed by atoms with Gasteiger partial charge in [0.15, 0.2) is 4.32 Å². The summed E-state index contributed by atoms with van der Waals surface area (Å²) in [5.41, 5.74) is 1.37. The molecule has 3 rings (SSSR count). The number of thiocarbonyl (C=S) groups is 1. The van der Waals surface area contributed by atoms with Crippen LogP contribution in [0.1, 0.15) is 15.9 Å². The van der Waals surface area contributed by atoms with Gasteiger partial charge in [0.25, 0.3) is 5.91 Å². The van der Waals surface area contributed by atoms with E-state index in [0.29, 0.717) is 20.7 Å². The number of carbonyl (C=O) groups excluding carboxylic acids is 1. The van der Waals surface area contributed by atoms with Crippen molar-refractivity contribution < 1.29 is 19.4 Å². The highest BCUT2D eigenvalue weighted by molar-refractivity contribution is 8.27. The summed E-state index contributed by atoms with van der Waals surface area (Å²) in [5, 5.41) is 9.00. The summed E-state index contributed by atoms with van der Waals surface area (Å²) < 4.78 is 5.87. The fourth-order valence-electron chi connectivity index (χ4n) is 2.44. The molecule has 0 radical (unpaired) electrons. The molecule has 1 heterocycles. The Labute approximate surface area is 165 Å². The molecule has 0 bridgehead atoms. The van der Waals surface area contributed by atoms with Crippen molar-refractivity contribution in [1.82, 2.24) is 0 Å². The van der Waals surface area contributed by atoms with Crippen LogP contribution in [0, 0.1) is 12.3 Å². The number of nitrogens with zero attached hydrogens (tertiary/aromatic N) is 1. The van der Waals surface area contributed by atoms with Gasteiger partial charge in [0.1, 0.15) is 12.4 Å². The van der Waals surface area contributed by atoms with Gasteiger partial charge in [0, 0.05) is 5.56 Å². The molecule has 2 aromatic carbocycles. The molecule has 0 unspecified atom stereocenters. The van der Waals surface area contributed by atoms with Crippen molar-refractivity contribution in [2.45, 2.75) is 0 Å². The summed E-state index contributed by atoms with van der Waals surface area (Å²) in [7, 11) is 0. The Kier molecular flexibility index (Phi) is 5.60. The van der Waals surface area contributed by atoms with Crippen molar-refractivity contribution in [1.29, 1.82) is 0 Å². The SMILES string of the molecule is C#CCOc1ccccc1/C=C1/SC(=S)N(c2ccc(C(=O)O)cc2)C1=O. The van der Waals surface area contributed by atoms with Crippen LogP contribution in [0.25, 0.3) is 6.08 Å². The number of rotatable bonds is 5. The number of carboxylic acids is 1. The summed E-state index contributed by atoms with van der Waals surface area (Å²) in [5.74, 6) is 1.67. The van der Waals surface area contributed by atoms with Crippen LogP contribution < -0.4 is 9.64 Å². The lowest BCUT2D eigenvalue weighted by Gasteiger charge is -2.14. The zero-order valence-electron chi connectivity index (χ0n) is 13.9. The molecule has 0 aromatic heterocycles. The summed E-state index contributed by atoms with van der Waals surface area (Å²) >= 11 is 6.50. The number of thioether (sulfide) groups is 1. The lowest BCUT2D eigenvalue weighted by atomic mass is 10.1. The van der Waals surface area contributed by atoms with Gasteiger partial charge in [-0.3, -0.25) is 9.69 Å². The van der Waals surface area contributed by atoms with E-state index in [4.69, 9.17) is 28.5 Å². The third-order valence-electron chi connectivity index (χ3n) is 3.68. The standard InChI is InChI=1S/C20H13NO4S2/c1-2-11-25-16-6-4-3-5-14(16)12-17-18(22)21(20(26)27-17)15-9-7-13(8-10-15)19(23)24/h1,3-10,12H,11H2,(H,23,24)/b17-12+. The van der Waals surface area contributed by atoms with Gasteiger partial charge in [0.05, 0.1) is 16.2 Å². The normalized spacial score (nSPS) is 15.1. The molecular formula is C20H13NO4S2. The molecule has 0 atom stereocenters. The molecular weight excluding hydrogens is 382 g/mol. The van der Waals surface area contributed by atoms with Crippen molar-refractivity contribution in [2.24, 2.45) is 0 Å². The zero-order valence-corrected chi connectivity index (χ0v) is 15.5. The smallest absolute Gasteiger partial charge is 0.335 e. The molecule has 1 aliphatic heterocycles. The maximum atomic E-state index is 12.8. The lowest BCUT2D eigenvalue weighted by Crippen LogP contribution is -2.27. The Morgan fingerprint density at radius 2 is 1.96 bits per heavy atom. The Balaban J connectivity index is 1.89. The number of terminal acetylenes is 1. The fraction of sp³-hybridized carbons (Fsp3) is 0.0500. The Morgan fingerprint density at radius 3 is 2.63 bits per heavy atom. The molecule has 1 amide bonds. The van der Waals surface area contributed by atoms with Crippen LogP contribution >= 0.6 is 24.0 Å². The van der Waals surface area contributed by atoms with Crippen LogP contribution in [0.4, 0.5) is 5.69 Å². The first-order valence-corrected chi connectivity index (χ1v) is 9.00. The predicted molar refractivity (Wildman–Crippen MR) is 110 cm³/mol. The Hall–Kier alpha value is -3.08. The third-order valence-corrected chi connectivity index (χ3v) is 4.98. The molecule has 1 aliphatic rings. The van der Waals surface area contributed by atoms with Crippen LogP contribution in [-0.4, -0.2) is 27.9 Å². The molecule has 1 saturated heterocycles. The van der Waals surface area contributed by atoms with Gasteiger partial charge in [0.2, 0.25) is 0 Å². The van der Waals surface area contributed by atoms with Crippen LogP contribution in [0.2, 0.25) is 0 Å². The number of anilines is 1. The van der Waals surface area contributed by atoms with E-state index in [1.54, 1.807) is 24.3 Å². The largest absolute Gasteiger partial charge is 0.480 e. The lowest BCUT2D eigenvalue weighted by molar-refractivity contribution is -0.113. The van der Waals surface area contributed by atoms with Crippen molar-refractivity contribution in [3.8, 4) is 18.1 Å². The number of benzene rings is 2. The van der Waals surface area contributed by atoms with E-state index >= 15 is 0 Å². The maximum Gasteiger partial charge on any atom is 0.335 e. The first kappa shape index (κ1) is 18.7. The molecule has 7 heteroatoms. The molecule has 1 N–H and O–H groups in total. The zero-order chi connectivity index (χ0) is 19.4. The molecule has 27 heavy (non-hydrogen) atoms. The van der Waals surface area contributed by atoms with Gasteiger partial charge in [-0.2, -0.15) is 0 Å². The monoisotopic (exact) mass is 395 g/mol. The third kappa shape index (κ3) is 4.03. The Bertz CT molecular complexity index is 990. The molecule has 5 nitrogen and oxygen atoms in total. The average Bonchev–Trinajstić information content (AvgIpc) is 2.94. The van der Waals surface area contributed by atoms with Crippen molar-refractivity contribution in [3.63, 3.8) is 0 Å². The predicted octanol–water partition coefficient (Wildman–Crippen LogP) is 3.80.